The van der Waals surface area contributed by atoms with Crippen molar-refractivity contribution in [2.24, 2.45) is 0 Å². The summed E-state index contributed by atoms with van der Waals surface area (Å²) in [5.41, 5.74) is 5.87. The van der Waals surface area contributed by atoms with E-state index in [4.69, 9.17) is 5.73 Å². The highest BCUT2D eigenvalue weighted by Gasteiger charge is 2.23. The lowest BCUT2D eigenvalue weighted by atomic mass is 10.1. The molecule has 5 nitrogen and oxygen atoms in total. The molecule has 1 unspecified atom stereocenters. The van der Waals surface area contributed by atoms with Gasteiger partial charge in [0.15, 0.2) is 0 Å². The molecular weight excluding hydrogens is 249 g/mol. The van der Waals surface area contributed by atoms with E-state index in [0.717, 1.165) is 18.9 Å². The molecule has 2 amide bonds. The fourth-order valence-corrected chi connectivity index (χ4v) is 2.04. The number of anilines is 1. The molecule has 1 aromatic carbocycles. The standard InChI is InChI=1S/C13H16FN3O2/c14-8-4-5-10(15)9(7-8)12(18)17-11-3-1-2-6-16-13(11)19/h4-5,7,11H,1-3,6,15H2,(H,16,19)(H,17,18). The highest BCUT2D eigenvalue weighted by atomic mass is 19.1. The summed E-state index contributed by atoms with van der Waals surface area (Å²) in [6.45, 7) is 0.618. The van der Waals surface area contributed by atoms with Crippen LogP contribution in [0.5, 0.6) is 0 Å². The summed E-state index contributed by atoms with van der Waals surface area (Å²) in [6.07, 6.45) is 2.31. The van der Waals surface area contributed by atoms with Gasteiger partial charge in [-0.15, -0.1) is 0 Å². The number of hydrogen-bond donors (Lipinski definition) is 3. The SMILES string of the molecule is Nc1ccc(F)cc1C(=O)NC1CCCCNC1=O. The number of rotatable bonds is 2. The van der Waals surface area contributed by atoms with Gasteiger partial charge in [0.2, 0.25) is 5.91 Å². The van der Waals surface area contributed by atoms with Gasteiger partial charge in [0, 0.05) is 12.2 Å². The van der Waals surface area contributed by atoms with Crippen LogP contribution in [0.2, 0.25) is 0 Å². The Labute approximate surface area is 110 Å². The Morgan fingerprint density at radius 1 is 1.42 bits per heavy atom. The van der Waals surface area contributed by atoms with Crippen LogP contribution >= 0.6 is 0 Å². The number of nitrogen functional groups attached to an aromatic ring is 1. The first kappa shape index (κ1) is 13.3. The number of amides is 2. The third kappa shape index (κ3) is 3.21. The summed E-state index contributed by atoms with van der Waals surface area (Å²) in [5, 5.41) is 5.31. The lowest BCUT2D eigenvalue weighted by Gasteiger charge is -2.15. The van der Waals surface area contributed by atoms with Crippen LogP contribution in [-0.2, 0) is 4.79 Å². The second-order valence-corrected chi connectivity index (χ2v) is 4.54. The molecule has 1 atom stereocenters. The molecule has 1 aliphatic rings. The molecule has 0 bridgehead atoms. The molecule has 1 aliphatic heterocycles. The van der Waals surface area contributed by atoms with Crippen molar-refractivity contribution in [3.63, 3.8) is 0 Å². The summed E-state index contributed by atoms with van der Waals surface area (Å²) in [6, 6.07) is 3.00. The van der Waals surface area contributed by atoms with Gasteiger partial charge in [0.25, 0.3) is 5.91 Å². The Kier molecular flexibility index (Phi) is 3.99. The minimum atomic E-state index is -0.585. The Balaban J connectivity index is 2.11. The number of halogens is 1. The first-order valence-electron chi connectivity index (χ1n) is 6.21. The molecule has 1 heterocycles. The van der Waals surface area contributed by atoms with Crippen LogP contribution < -0.4 is 16.4 Å². The van der Waals surface area contributed by atoms with Gasteiger partial charge in [-0.25, -0.2) is 4.39 Å². The third-order valence-electron chi connectivity index (χ3n) is 3.10. The van der Waals surface area contributed by atoms with Crippen LogP contribution in [-0.4, -0.2) is 24.4 Å². The van der Waals surface area contributed by atoms with E-state index >= 15 is 0 Å². The maximum absolute atomic E-state index is 13.1. The zero-order valence-electron chi connectivity index (χ0n) is 10.4. The van der Waals surface area contributed by atoms with Gasteiger partial charge in [-0.05, 0) is 37.5 Å². The van der Waals surface area contributed by atoms with Gasteiger partial charge in [0.05, 0.1) is 5.56 Å². The maximum Gasteiger partial charge on any atom is 0.254 e. The Morgan fingerprint density at radius 2 is 2.21 bits per heavy atom. The molecule has 0 aromatic heterocycles. The average molecular weight is 265 g/mol. The number of benzene rings is 1. The molecular formula is C13H16FN3O2. The normalized spacial score (nSPS) is 19.4. The van der Waals surface area contributed by atoms with Crippen LogP contribution in [0.15, 0.2) is 18.2 Å². The van der Waals surface area contributed by atoms with Crippen LogP contribution in [0, 0.1) is 5.82 Å². The minimum absolute atomic E-state index is 0.0528. The molecule has 2 rings (SSSR count). The summed E-state index contributed by atoms with van der Waals surface area (Å²) in [5.74, 6) is -1.27. The predicted octanol–water partition coefficient (Wildman–Crippen LogP) is 0.806. The second-order valence-electron chi connectivity index (χ2n) is 4.54. The molecule has 0 radical (unpaired) electrons. The van der Waals surface area contributed by atoms with Gasteiger partial charge in [-0.3, -0.25) is 9.59 Å². The van der Waals surface area contributed by atoms with Crippen molar-refractivity contribution in [3.8, 4) is 0 Å². The molecule has 1 aromatic rings. The second kappa shape index (κ2) is 5.69. The van der Waals surface area contributed by atoms with Gasteiger partial charge in [0.1, 0.15) is 11.9 Å². The Hall–Kier alpha value is -2.11. The Bertz CT molecular complexity index is 505. The van der Waals surface area contributed by atoms with E-state index in [1.165, 1.54) is 12.1 Å². The van der Waals surface area contributed by atoms with Crippen molar-refractivity contribution in [1.82, 2.24) is 10.6 Å². The van der Waals surface area contributed by atoms with Gasteiger partial charge >= 0.3 is 0 Å². The van der Waals surface area contributed by atoms with Gasteiger partial charge in [-0.2, -0.15) is 0 Å². The lowest BCUT2D eigenvalue weighted by molar-refractivity contribution is -0.122. The van der Waals surface area contributed by atoms with Gasteiger partial charge in [-0.1, -0.05) is 0 Å². The van der Waals surface area contributed by atoms with E-state index < -0.39 is 17.8 Å². The van der Waals surface area contributed by atoms with Crippen LogP contribution in [0.1, 0.15) is 29.6 Å². The summed E-state index contributed by atoms with van der Waals surface area (Å²) in [4.78, 5) is 23.7. The van der Waals surface area contributed by atoms with Crippen molar-refractivity contribution < 1.29 is 14.0 Å². The highest BCUT2D eigenvalue weighted by molar-refractivity contribution is 6.01. The van der Waals surface area contributed by atoms with E-state index in [1.807, 2.05) is 0 Å². The molecule has 19 heavy (non-hydrogen) atoms. The van der Waals surface area contributed by atoms with Crippen molar-refractivity contribution >= 4 is 17.5 Å². The topological polar surface area (TPSA) is 84.2 Å². The molecule has 6 heteroatoms. The van der Waals surface area contributed by atoms with Crippen molar-refractivity contribution in [3.05, 3.63) is 29.6 Å². The first-order valence-corrected chi connectivity index (χ1v) is 6.21. The smallest absolute Gasteiger partial charge is 0.254 e. The number of carbonyl (C=O) groups excluding carboxylic acids is 2. The third-order valence-corrected chi connectivity index (χ3v) is 3.10. The lowest BCUT2D eigenvalue weighted by Crippen LogP contribution is -2.45. The number of hydrogen-bond acceptors (Lipinski definition) is 3. The van der Waals surface area contributed by atoms with Gasteiger partial charge < -0.3 is 16.4 Å². The number of nitrogens with one attached hydrogen (secondary N) is 2. The minimum Gasteiger partial charge on any atom is -0.398 e. The molecule has 0 saturated carbocycles. The van der Waals surface area contributed by atoms with E-state index in [-0.39, 0.29) is 17.2 Å². The fourth-order valence-electron chi connectivity index (χ4n) is 2.04. The van der Waals surface area contributed by atoms with Crippen LogP contribution in [0.3, 0.4) is 0 Å². The highest BCUT2D eigenvalue weighted by Crippen LogP contribution is 2.14. The predicted molar refractivity (Wildman–Crippen MR) is 68.9 cm³/mol. The maximum atomic E-state index is 13.1. The molecule has 0 aliphatic carbocycles. The number of nitrogens with two attached hydrogens (primary N) is 1. The quantitative estimate of drug-likeness (QED) is 0.692. The average Bonchev–Trinajstić information content (AvgIpc) is 2.58. The van der Waals surface area contributed by atoms with Crippen molar-refractivity contribution in [2.75, 3.05) is 12.3 Å². The largest absolute Gasteiger partial charge is 0.398 e. The van der Waals surface area contributed by atoms with E-state index in [9.17, 15) is 14.0 Å². The molecule has 0 spiro atoms. The monoisotopic (exact) mass is 265 g/mol. The zero-order valence-corrected chi connectivity index (χ0v) is 10.4. The van der Waals surface area contributed by atoms with Crippen molar-refractivity contribution in [1.29, 1.82) is 0 Å². The van der Waals surface area contributed by atoms with E-state index in [2.05, 4.69) is 10.6 Å². The summed E-state index contributed by atoms with van der Waals surface area (Å²) >= 11 is 0. The van der Waals surface area contributed by atoms with Crippen LogP contribution in [0.4, 0.5) is 10.1 Å². The zero-order chi connectivity index (χ0) is 13.8. The first-order chi connectivity index (χ1) is 9.08. The molecule has 4 N–H and O–H groups in total. The van der Waals surface area contributed by atoms with Crippen LogP contribution in [0.25, 0.3) is 0 Å². The van der Waals surface area contributed by atoms with E-state index in [1.54, 1.807) is 0 Å². The summed E-state index contributed by atoms with van der Waals surface area (Å²) < 4.78 is 13.1. The summed E-state index contributed by atoms with van der Waals surface area (Å²) in [7, 11) is 0. The Morgan fingerprint density at radius 3 is 3.00 bits per heavy atom. The number of carbonyl (C=O) groups is 2. The van der Waals surface area contributed by atoms with E-state index in [0.29, 0.717) is 13.0 Å². The fraction of sp³-hybridized carbons (Fsp3) is 0.385. The molecule has 1 saturated heterocycles. The molecule has 102 valence electrons. The molecule has 1 fully saturated rings. The van der Waals surface area contributed by atoms with Crippen molar-refractivity contribution in [2.45, 2.75) is 25.3 Å².